The van der Waals surface area contributed by atoms with Gasteiger partial charge < -0.3 is 16.1 Å². The summed E-state index contributed by atoms with van der Waals surface area (Å²) in [7, 11) is 1.97. The summed E-state index contributed by atoms with van der Waals surface area (Å²) >= 11 is 0. The molecule has 42 heavy (non-hydrogen) atoms. The van der Waals surface area contributed by atoms with E-state index in [0.29, 0.717) is 39.4 Å². The Balaban J connectivity index is 1.47. The molecule has 2 aromatic heterocycles. The van der Waals surface area contributed by atoms with Gasteiger partial charge in [0.05, 0.1) is 39.5 Å². The maximum absolute atomic E-state index is 13.8. The van der Waals surface area contributed by atoms with Gasteiger partial charge in [0.25, 0.3) is 0 Å². The number of aromatic nitrogens is 2. The van der Waals surface area contributed by atoms with E-state index in [-0.39, 0.29) is 6.04 Å². The molecule has 6 rings (SSSR count). The quantitative estimate of drug-likeness (QED) is 0.176. The molecule has 1 aliphatic carbocycles. The molecule has 1 fully saturated rings. The average Bonchev–Trinajstić information content (AvgIpc) is 3.75. The Hall–Kier alpha value is -5.13. The second kappa shape index (κ2) is 11.0. The zero-order valence-electron chi connectivity index (χ0n) is 23.3. The lowest BCUT2D eigenvalue weighted by Crippen LogP contribution is -2.45. The molecule has 4 aromatic rings. The maximum Gasteiger partial charge on any atom is 0.212 e. The summed E-state index contributed by atoms with van der Waals surface area (Å²) in [6, 6.07) is 21.6. The number of hydrazine groups is 2. The van der Waals surface area contributed by atoms with E-state index in [9.17, 15) is 14.9 Å². The minimum atomic E-state index is -0.887. The SMILES string of the molecule is BC(Nc1cc(C#N)c2ncc(C#N)c(N[C@H](CC)c3ccccc3)c2c1)(C1=CN(C2CC2)NN1)c1ccc(F)nc1. The first-order valence-corrected chi connectivity index (χ1v) is 13.9. The van der Waals surface area contributed by atoms with Gasteiger partial charge in [0.15, 0.2) is 0 Å². The van der Waals surface area contributed by atoms with Crippen LogP contribution in [-0.2, 0) is 5.44 Å². The standard InChI is InChI=1S/C31H29BFN9/c1-2-26(19-6-4-3-5-7-19)38-30-21(15-35)16-37-29-20(14-34)12-23(13-25(29)30)39-31(32,22-8-11-28(33)36-17-22)27-18-42(41-40-27)24-9-10-24/h3-8,11-13,16-18,24,26,39-41H,2,9-10,32H2,1H3,(H,37,38)/t26-,31?/m1/s1. The third-order valence-electron chi connectivity index (χ3n) is 7.91. The van der Waals surface area contributed by atoms with Crippen molar-refractivity contribution in [3.63, 3.8) is 0 Å². The molecule has 9 nitrogen and oxygen atoms in total. The molecule has 2 aliphatic rings. The molecule has 208 valence electrons. The summed E-state index contributed by atoms with van der Waals surface area (Å²) < 4.78 is 13.8. The number of hydrogen-bond donors (Lipinski definition) is 4. The molecule has 2 atom stereocenters. The van der Waals surface area contributed by atoms with E-state index in [1.165, 1.54) is 18.5 Å². The number of nitrogens with zero attached hydrogens (tertiary/aromatic N) is 5. The van der Waals surface area contributed by atoms with Gasteiger partial charge in [-0.1, -0.05) is 43.3 Å². The van der Waals surface area contributed by atoms with Crippen LogP contribution in [0.3, 0.4) is 0 Å². The molecule has 1 aliphatic heterocycles. The fourth-order valence-corrected chi connectivity index (χ4v) is 5.37. The Labute approximate surface area is 244 Å². The van der Waals surface area contributed by atoms with Crippen LogP contribution in [0, 0.1) is 28.6 Å². The van der Waals surface area contributed by atoms with Gasteiger partial charge in [0.2, 0.25) is 5.95 Å². The fourth-order valence-electron chi connectivity index (χ4n) is 5.37. The number of anilines is 2. The fraction of sp³-hybridized carbons (Fsp3) is 0.226. The number of hydrogen-bond acceptors (Lipinski definition) is 9. The molecule has 11 heteroatoms. The predicted octanol–water partition coefficient (Wildman–Crippen LogP) is 4.30. The normalized spacial score (nSPS) is 16.5. The highest BCUT2D eigenvalue weighted by Gasteiger charge is 2.38. The smallest absolute Gasteiger partial charge is 0.212 e. The Morgan fingerprint density at radius 2 is 1.88 bits per heavy atom. The Bertz CT molecular complexity index is 1740. The second-order valence-corrected chi connectivity index (χ2v) is 10.7. The van der Waals surface area contributed by atoms with Crippen LogP contribution < -0.4 is 21.6 Å². The molecule has 3 heterocycles. The van der Waals surface area contributed by atoms with Gasteiger partial charge in [-0.2, -0.15) is 14.9 Å². The van der Waals surface area contributed by atoms with E-state index in [0.717, 1.165) is 36.1 Å². The van der Waals surface area contributed by atoms with Crippen LogP contribution in [0.15, 0.2) is 78.9 Å². The van der Waals surface area contributed by atoms with E-state index in [2.05, 4.69) is 50.6 Å². The molecule has 0 bridgehead atoms. The maximum atomic E-state index is 13.8. The van der Waals surface area contributed by atoms with E-state index in [1.54, 1.807) is 12.1 Å². The van der Waals surface area contributed by atoms with E-state index in [4.69, 9.17) is 0 Å². The third-order valence-corrected chi connectivity index (χ3v) is 7.91. The van der Waals surface area contributed by atoms with Crippen LogP contribution >= 0.6 is 0 Å². The molecular weight excluding hydrogens is 528 g/mol. The molecule has 4 N–H and O–H groups in total. The molecular formula is C31H29BFN9. The first-order valence-electron chi connectivity index (χ1n) is 13.9. The Morgan fingerprint density at radius 3 is 2.55 bits per heavy atom. The Kier molecular flexibility index (Phi) is 7.11. The van der Waals surface area contributed by atoms with Gasteiger partial charge in [-0.3, -0.25) is 9.99 Å². The van der Waals surface area contributed by atoms with Crippen LogP contribution in [0.2, 0.25) is 0 Å². The first kappa shape index (κ1) is 27.1. The van der Waals surface area contributed by atoms with Gasteiger partial charge in [0, 0.05) is 35.7 Å². The lowest BCUT2D eigenvalue weighted by atomic mass is 9.70. The lowest BCUT2D eigenvalue weighted by Gasteiger charge is -2.33. The van der Waals surface area contributed by atoms with Crippen LogP contribution in [0.1, 0.15) is 54.5 Å². The monoisotopic (exact) mass is 557 g/mol. The lowest BCUT2D eigenvalue weighted by molar-refractivity contribution is 0.260. The topological polar surface area (TPSA) is 125 Å². The summed E-state index contributed by atoms with van der Waals surface area (Å²) in [6.45, 7) is 2.08. The second-order valence-electron chi connectivity index (χ2n) is 10.7. The minimum Gasteiger partial charge on any atom is -0.378 e. The van der Waals surface area contributed by atoms with Crippen molar-refractivity contribution in [1.82, 2.24) is 25.9 Å². The van der Waals surface area contributed by atoms with E-state index < -0.39 is 11.4 Å². The molecule has 0 amide bonds. The van der Waals surface area contributed by atoms with Crippen LogP contribution in [-0.4, -0.2) is 28.9 Å². The van der Waals surface area contributed by atoms with Crippen molar-refractivity contribution >= 4 is 30.1 Å². The van der Waals surface area contributed by atoms with Gasteiger partial charge in [-0.15, -0.1) is 5.53 Å². The van der Waals surface area contributed by atoms with Crippen LogP contribution in [0.25, 0.3) is 10.9 Å². The van der Waals surface area contributed by atoms with Crippen LogP contribution in [0.4, 0.5) is 15.8 Å². The molecule has 0 radical (unpaired) electrons. The zero-order chi connectivity index (χ0) is 29.3. The number of benzene rings is 2. The third kappa shape index (κ3) is 5.07. The van der Waals surface area contributed by atoms with E-state index >= 15 is 0 Å². The summed E-state index contributed by atoms with van der Waals surface area (Å²) in [6.07, 6.45) is 8.00. The van der Waals surface area contributed by atoms with Gasteiger partial charge in [0.1, 0.15) is 20.0 Å². The number of nitrogens with one attached hydrogen (secondary N) is 4. The van der Waals surface area contributed by atoms with Gasteiger partial charge in [-0.25, -0.2) is 4.98 Å². The van der Waals surface area contributed by atoms with Crippen molar-refractivity contribution < 1.29 is 4.39 Å². The van der Waals surface area contributed by atoms with E-state index in [1.807, 2.05) is 55.5 Å². The highest BCUT2D eigenvalue weighted by Crippen LogP contribution is 2.38. The number of nitriles is 2. The largest absolute Gasteiger partial charge is 0.378 e. The summed E-state index contributed by atoms with van der Waals surface area (Å²) in [4.78, 5) is 8.42. The number of halogens is 1. The first-order chi connectivity index (χ1) is 20.4. The summed E-state index contributed by atoms with van der Waals surface area (Å²) in [5.41, 5.74) is 10.7. The molecule has 1 saturated carbocycles. The molecule has 2 aromatic carbocycles. The molecule has 1 unspecified atom stereocenters. The summed E-state index contributed by atoms with van der Waals surface area (Å²) in [5.74, 6) is -0.570. The van der Waals surface area contributed by atoms with Crippen molar-refractivity contribution in [3.8, 4) is 12.1 Å². The van der Waals surface area contributed by atoms with Crippen molar-refractivity contribution in [2.75, 3.05) is 10.6 Å². The Morgan fingerprint density at radius 1 is 1.10 bits per heavy atom. The van der Waals surface area contributed by atoms with Crippen molar-refractivity contribution in [3.05, 3.63) is 107 Å². The highest BCUT2D eigenvalue weighted by atomic mass is 19.1. The van der Waals surface area contributed by atoms with Crippen molar-refractivity contribution in [1.29, 1.82) is 10.5 Å². The summed E-state index contributed by atoms with van der Waals surface area (Å²) in [5, 5.41) is 30.0. The van der Waals surface area contributed by atoms with Crippen molar-refractivity contribution in [2.45, 2.75) is 43.7 Å². The van der Waals surface area contributed by atoms with Crippen molar-refractivity contribution in [2.24, 2.45) is 0 Å². The number of fused-ring (bicyclic) bond motifs is 1. The van der Waals surface area contributed by atoms with Gasteiger partial charge >= 0.3 is 0 Å². The predicted molar refractivity (Wildman–Crippen MR) is 162 cm³/mol. The molecule has 0 spiro atoms. The van der Waals surface area contributed by atoms with Crippen LogP contribution in [0.5, 0.6) is 0 Å². The number of pyridine rings is 2. The van der Waals surface area contributed by atoms with Gasteiger partial charge in [-0.05, 0) is 48.6 Å². The number of rotatable bonds is 9. The molecule has 0 saturated heterocycles. The highest BCUT2D eigenvalue weighted by molar-refractivity contribution is 6.19. The average molecular weight is 557 g/mol. The minimum absolute atomic E-state index is 0.0612. The zero-order valence-corrected chi connectivity index (χ0v) is 23.3.